The first-order chi connectivity index (χ1) is 25.5. The topological polar surface area (TPSA) is 64.7 Å². The van der Waals surface area contributed by atoms with Crippen molar-refractivity contribution in [1.82, 2.24) is 0 Å². The Morgan fingerprint density at radius 2 is 1.72 bits per heavy atom. The van der Waals surface area contributed by atoms with Crippen molar-refractivity contribution >= 4 is 22.8 Å². The van der Waals surface area contributed by atoms with E-state index in [0.717, 1.165) is 75.3 Å². The summed E-state index contributed by atoms with van der Waals surface area (Å²) in [6.45, 7) is 6.27. The number of rotatable bonds is 9. The first kappa shape index (κ1) is 38.4. The van der Waals surface area contributed by atoms with Crippen LogP contribution in [0.15, 0.2) is 105 Å². The summed E-state index contributed by atoms with van der Waals surface area (Å²) in [6, 6.07) is 14.9. The van der Waals surface area contributed by atoms with E-state index in [0.29, 0.717) is 17.4 Å². The molecular formula is C47H56F2N2O2. The molecule has 4 nitrogen and oxygen atoms in total. The molecule has 3 unspecified atom stereocenters. The lowest BCUT2D eigenvalue weighted by Gasteiger charge is -2.37. The largest absolute Gasteiger partial charge is 0.435 e. The number of hydrogen-bond donors (Lipinski definition) is 1. The monoisotopic (exact) mass is 718 g/mol. The van der Waals surface area contributed by atoms with Gasteiger partial charge in [-0.1, -0.05) is 68.5 Å². The van der Waals surface area contributed by atoms with E-state index in [4.69, 9.17) is 10.7 Å². The number of halogens is 2. The summed E-state index contributed by atoms with van der Waals surface area (Å²) in [6.07, 6.45) is 22.0. The Balaban J connectivity index is 1.23. The normalized spacial score (nSPS) is 24.4. The van der Waals surface area contributed by atoms with E-state index in [-0.39, 0.29) is 11.2 Å². The molecule has 2 aromatic carbocycles. The lowest BCUT2D eigenvalue weighted by Crippen LogP contribution is -2.25. The number of amides is 1. The molecule has 1 fully saturated rings. The second-order valence-electron chi connectivity index (χ2n) is 16.0. The average Bonchev–Trinajstić information content (AvgIpc) is 3.45. The van der Waals surface area contributed by atoms with E-state index in [9.17, 15) is 13.6 Å². The first-order valence-electron chi connectivity index (χ1n) is 19.8. The van der Waals surface area contributed by atoms with E-state index in [1.165, 1.54) is 70.4 Å². The van der Waals surface area contributed by atoms with E-state index in [2.05, 4.69) is 56.5 Å². The van der Waals surface area contributed by atoms with Crippen molar-refractivity contribution in [3.8, 4) is 5.75 Å². The maximum atomic E-state index is 12.8. The first-order valence-corrected chi connectivity index (χ1v) is 19.8. The molecule has 2 N–H and O–H groups in total. The van der Waals surface area contributed by atoms with Gasteiger partial charge in [-0.15, -0.1) is 5.73 Å². The minimum Gasteiger partial charge on any atom is -0.435 e. The molecule has 1 saturated carbocycles. The molecule has 2 aromatic rings. The van der Waals surface area contributed by atoms with Crippen molar-refractivity contribution in [2.75, 3.05) is 0 Å². The molecule has 0 saturated heterocycles. The average molecular weight is 719 g/mol. The summed E-state index contributed by atoms with van der Waals surface area (Å²) in [5.41, 5.74) is 22.8. The molecule has 6 heteroatoms. The van der Waals surface area contributed by atoms with Gasteiger partial charge >= 0.3 is 6.61 Å². The number of hydrogen-bond acceptors (Lipinski definition) is 3. The van der Waals surface area contributed by atoms with Gasteiger partial charge in [0.25, 0.3) is 0 Å². The molecule has 6 rings (SSSR count). The number of aliphatic imine (C=N–C) groups is 1. The van der Waals surface area contributed by atoms with E-state index >= 15 is 0 Å². The highest BCUT2D eigenvalue weighted by molar-refractivity contribution is 6.05. The van der Waals surface area contributed by atoms with Gasteiger partial charge in [0.2, 0.25) is 5.91 Å². The third kappa shape index (κ3) is 9.45. The molecule has 4 aliphatic rings. The number of carbonyl (C=O) groups excluding carboxylic acids is 1. The maximum Gasteiger partial charge on any atom is 0.387 e. The van der Waals surface area contributed by atoms with Crippen LogP contribution >= 0.6 is 0 Å². The summed E-state index contributed by atoms with van der Waals surface area (Å²) in [4.78, 5) is 17.0. The number of nitrogens with zero attached hydrogens (tertiary/aromatic N) is 1. The van der Waals surface area contributed by atoms with E-state index in [1.807, 2.05) is 36.4 Å². The van der Waals surface area contributed by atoms with Crippen molar-refractivity contribution < 1.29 is 18.3 Å². The van der Waals surface area contributed by atoms with Crippen LogP contribution in [0.5, 0.6) is 5.75 Å². The number of primary amides is 1. The van der Waals surface area contributed by atoms with Crippen LogP contribution in [0.25, 0.3) is 11.1 Å². The highest BCUT2D eigenvalue weighted by Gasteiger charge is 2.34. The Bertz CT molecular complexity index is 1890. The second-order valence-corrected chi connectivity index (χ2v) is 16.0. The fourth-order valence-electron chi connectivity index (χ4n) is 9.00. The number of nitrogens with two attached hydrogens (primary N) is 1. The SMILES string of the molecule is CCC1CC(C2(C)CCCCC(CC3=NC=C(C)CCC4=C3C=C(c3ccc(C(N)=O)cc3)CCC4)CC2)=C=CC(C)=C1c1ccc(OC(F)F)cc1. The number of ether oxygens (including phenoxy) is 1. The Morgan fingerprint density at radius 1 is 0.962 bits per heavy atom. The zero-order valence-electron chi connectivity index (χ0n) is 32.1. The molecule has 0 radical (unpaired) electrons. The molecule has 53 heavy (non-hydrogen) atoms. The molecule has 1 amide bonds. The van der Waals surface area contributed by atoms with Crippen LogP contribution < -0.4 is 10.5 Å². The fraction of sp³-hybridized carbons (Fsp3) is 0.468. The van der Waals surface area contributed by atoms with Gasteiger partial charge in [0.05, 0.1) is 0 Å². The molecular weight excluding hydrogens is 663 g/mol. The number of alkyl halides is 2. The van der Waals surface area contributed by atoms with Crippen LogP contribution in [0.3, 0.4) is 0 Å². The quantitative estimate of drug-likeness (QED) is 0.262. The van der Waals surface area contributed by atoms with Crippen LogP contribution in [-0.2, 0) is 0 Å². The molecule has 0 spiro atoms. The minimum atomic E-state index is -2.83. The Morgan fingerprint density at radius 3 is 2.43 bits per heavy atom. The summed E-state index contributed by atoms with van der Waals surface area (Å²) < 4.78 is 30.3. The van der Waals surface area contributed by atoms with Crippen LogP contribution in [-0.4, -0.2) is 18.2 Å². The molecule has 3 atom stereocenters. The Kier molecular flexibility index (Phi) is 12.5. The third-order valence-electron chi connectivity index (χ3n) is 12.3. The third-order valence-corrected chi connectivity index (χ3v) is 12.3. The highest BCUT2D eigenvalue weighted by Crippen LogP contribution is 2.48. The molecule has 0 aromatic heterocycles. The molecule has 3 aliphatic carbocycles. The second kappa shape index (κ2) is 17.2. The van der Waals surface area contributed by atoms with Crippen LogP contribution in [0.4, 0.5) is 8.78 Å². The number of carbonyl (C=O) groups is 1. The van der Waals surface area contributed by atoms with Gasteiger partial charge in [-0.3, -0.25) is 9.79 Å². The van der Waals surface area contributed by atoms with Crippen LogP contribution in [0, 0.1) is 17.3 Å². The van der Waals surface area contributed by atoms with Gasteiger partial charge < -0.3 is 10.5 Å². The van der Waals surface area contributed by atoms with Gasteiger partial charge in [0.1, 0.15) is 5.75 Å². The summed E-state index contributed by atoms with van der Waals surface area (Å²) in [7, 11) is 0. The van der Waals surface area contributed by atoms with Crippen molar-refractivity contribution in [1.29, 1.82) is 0 Å². The standard InChI is InChI=1S/C47H56F2N2O2/c1-5-34-28-40(21-13-32(3)44(34)37-19-22-41(23-20-37)53-46(48)49)47(4)25-7-6-9-33(24-26-47)27-43-42-29-39(35-15-17-38(18-16-35)45(50)52)11-8-10-36(42)14-12-31(2)30-51-43/h13,15-20,22-23,29-30,33-34,46H,5-12,14,24-28H2,1-4H3,(H2,50,52). The van der Waals surface area contributed by atoms with E-state index < -0.39 is 12.5 Å². The lowest BCUT2D eigenvalue weighted by atomic mass is 9.67. The minimum absolute atomic E-state index is 0.0589. The van der Waals surface area contributed by atoms with Crippen LogP contribution in [0.1, 0.15) is 139 Å². The predicted molar refractivity (Wildman–Crippen MR) is 214 cm³/mol. The molecule has 1 heterocycles. The number of allylic oxidation sites excluding steroid dienone is 8. The van der Waals surface area contributed by atoms with Gasteiger partial charge in [0.15, 0.2) is 0 Å². The Hall–Kier alpha value is -4.28. The number of benzene rings is 2. The van der Waals surface area contributed by atoms with Gasteiger partial charge in [0, 0.05) is 17.5 Å². The predicted octanol–water partition coefficient (Wildman–Crippen LogP) is 12.7. The highest BCUT2D eigenvalue weighted by atomic mass is 19.3. The smallest absolute Gasteiger partial charge is 0.387 e. The Labute approximate surface area is 315 Å². The summed E-state index contributed by atoms with van der Waals surface area (Å²) >= 11 is 0. The van der Waals surface area contributed by atoms with E-state index in [1.54, 1.807) is 12.1 Å². The maximum absolute atomic E-state index is 12.8. The van der Waals surface area contributed by atoms with Gasteiger partial charge in [-0.2, -0.15) is 8.78 Å². The van der Waals surface area contributed by atoms with Gasteiger partial charge in [-0.25, -0.2) is 0 Å². The summed E-state index contributed by atoms with van der Waals surface area (Å²) in [5, 5.41) is 0. The molecule has 0 bridgehead atoms. The van der Waals surface area contributed by atoms with Crippen molar-refractivity contribution in [3.05, 3.63) is 117 Å². The fourth-order valence-corrected chi connectivity index (χ4v) is 9.00. The van der Waals surface area contributed by atoms with Gasteiger partial charge in [-0.05, 0) is 177 Å². The van der Waals surface area contributed by atoms with Crippen LogP contribution in [0.2, 0.25) is 0 Å². The molecule has 280 valence electrons. The van der Waals surface area contributed by atoms with Crippen molar-refractivity contribution in [2.45, 2.75) is 124 Å². The zero-order chi connectivity index (χ0) is 37.5. The zero-order valence-corrected chi connectivity index (χ0v) is 32.1. The molecule has 1 aliphatic heterocycles. The lowest BCUT2D eigenvalue weighted by molar-refractivity contribution is -0.0498. The van der Waals surface area contributed by atoms with Crippen molar-refractivity contribution in [2.24, 2.45) is 28.0 Å². The van der Waals surface area contributed by atoms with Crippen molar-refractivity contribution in [3.63, 3.8) is 0 Å². The summed E-state index contributed by atoms with van der Waals surface area (Å²) in [5.74, 6) is 0.658.